The van der Waals surface area contributed by atoms with Crippen LogP contribution in [0, 0.1) is 0 Å². The second kappa shape index (κ2) is 7.49. The summed E-state index contributed by atoms with van der Waals surface area (Å²) in [5, 5.41) is 10.8. The van der Waals surface area contributed by atoms with Crippen molar-refractivity contribution in [2.45, 2.75) is 6.54 Å². The van der Waals surface area contributed by atoms with Gasteiger partial charge in [-0.15, -0.1) is 11.3 Å². The van der Waals surface area contributed by atoms with Gasteiger partial charge in [0, 0.05) is 36.4 Å². The summed E-state index contributed by atoms with van der Waals surface area (Å²) in [6, 6.07) is 3.38. The summed E-state index contributed by atoms with van der Waals surface area (Å²) in [4.78, 5) is 47.9. The van der Waals surface area contributed by atoms with Gasteiger partial charge in [0.05, 0.1) is 24.2 Å². The smallest absolute Gasteiger partial charge is 0.337 e. The summed E-state index contributed by atoms with van der Waals surface area (Å²) in [6.45, 7) is 1.57. The number of thiophene rings is 1. The molecule has 0 aromatic carbocycles. The molecule has 1 saturated heterocycles. The molecule has 3 aromatic rings. The number of carboxylic acids is 1. The molecular weight excluding hydrogens is 384 g/mol. The normalized spacial score (nSPS) is 14.4. The Kier molecular flexibility index (Phi) is 4.88. The zero-order valence-electron chi connectivity index (χ0n) is 14.7. The molecule has 144 valence electrons. The number of aromatic nitrogens is 3. The lowest BCUT2D eigenvalue weighted by molar-refractivity contribution is -0.135. The third kappa shape index (κ3) is 3.27. The van der Waals surface area contributed by atoms with Crippen molar-refractivity contribution in [1.29, 1.82) is 0 Å². The van der Waals surface area contributed by atoms with E-state index < -0.39 is 11.5 Å². The summed E-state index contributed by atoms with van der Waals surface area (Å²) >= 11 is 1.09. The number of morpholine rings is 1. The molecule has 4 heterocycles. The monoisotopic (exact) mass is 400 g/mol. The van der Waals surface area contributed by atoms with Gasteiger partial charge in [0.15, 0.2) is 0 Å². The van der Waals surface area contributed by atoms with Gasteiger partial charge in [-0.3, -0.25) is 19.1 Å². The van der Waals surface area contributed by atoms with E-state index in [0.29, 0.717) is 42.5 Å². The Balaban J connectivity index is 1.86. The fraction of sp³-hybridized carbons (Fsp3) is 0.278. The number of carbonyl (C=O) groups excluding carboxylic acids is 1. The van der Waals surface area contributed by atoms with Crippen LogP contribution in [0.25, 0.3) is 21.6 Å². The van der Waals surface area contributed by atoms with Crippen LogP contribution in [0.15, 0.2) is 34.7 Å². The minimum Gasteiger partial charge on any atom is -0.478 e. The van der Waals surface area contributed by atoms with Gasteiger partial charge in [0.1, 0.15) is 17.2 Å². The molecule has 1 fully saturated rings. The summed E-state index contributed by atoms with van der Waals surface area (Å²) in [7, 11) is 0. The van der Waals surface area contributed by atoms with Gasteiger partial charge < -0.3 is 14.7 Å². The average molecular weight is 400 g/mol. The first-order valence-corrected chi connectivity index (χ1v) is 9.45. The summed E-state index contributed by atoms with van der Waals surface area (Å²) in [5.41, 5.74) is -0.0301. The molecule has 4 rings (SSSR count). The van der Waals surface area contributed by atoms with E-state index in [1.165, 1.54) is 9.95 Å². The number of fused-ring (bicyclic) bond motifs is 1. The van der Waals surface area contributed by atoms with Crippen molar-refractivity contribution < 1.29 is 19.4 Å². The highest BCUT2D eigenvalue weighted by Crippen LogP contribution is 2.25. The van der Waals surface area contributed by atoms with Crippen LogP contribution in [-0.2, 0) is 16.1 Å². The van der Waals surface area contributed by atoms with E-state index in [1.807, 2.05) is 0 Å². The van der Waals surface area contributed by atoms with Gasteiger partial charge in [-0.25, -0.2) is 9.78 Å². The second-order valence-corrected chi connectivity index (χ2v) is 7.05. The molecular formula is C18H16N4O5S. The molecule has 1 N–H and O–H groups in total. The van der Waals surface area contributed by atoms with Crippen LogP contribution in [0.2, 0.25) is 0 Å². The van der Waals surface area contributed by atoms with E-state index in [0.717, 1.165) is 11.3 Å². The lowest BCUT2D eigenvalue weighted by Crippen LogP contribution is -2.43. The van der Waals surface area contributed by atoms with E-state index in [2.05, 4.69) is 9.97 Å². The standard InChI is InChI=1S/C18H16N4O5S/c23-13(21-5-7-27-8-6-21)9-22-15(11-1-3-19-4-2-11)20-16-14(17(22)24)12(10-28-16)18(25)26/h1-4,10H,5-9H2,(H,25,26). The molecule has 0 radical (unpaired) electrons. The molecule has 10 heteroatoms. The summed E-state index contributed by atoms with van der Waals surface area (Å²) in [6.07, 6.45) is 3.13. The fourth-order valence-electron chi connectivity index (χ4n) is 3.10. The van der Waals surface area contributed by atoms with Crippen LogP contribution in [0.4, 0.5) is 0 Å². The molecule has 0 aliphatic carbocycles. The molecule has 9 nitrogen and oxygen atoms in total. The zero-order valence-corrected chi connectivity index (χ0v) is 15.5. The van der Waals surface area contributed by atoms with Crippen LogP contribution in [0.3, 0.4) is 0 Å². The third-order valence-corrected chi connectivity index (χ3v) is 5.39. The molecule has 1 amide bonds. The number of rotatable bonds is 4. The quantitative estimate of drug-likeness (QED) is 0.697. The van der Waals surface area contributed by atoms with E-state index in [1.54, 1.807) is 29.4 Å². The SMILES string of the molecule is O=C(O)c1csc2nc(-c3ccncc3)n(CC(=O)N3CCOCC3)c(=O)c12. The predicted octanol–water partition coefficient (Wildman–Crippen LogP) is 1.08. The Morgan fingerprint density at radius 3 is 2.61 bits per heavy atom. The van der Waals surface area contributed by atoms with E-state index in [-0.39, 0.29) is 23.4 Å². The highest BCUT2D eigenvalue weighted by atomic mass is 32.1. The second-order valence-electron chi connectivity index (χ2n) is 6.19. The molecule has 1 aliphatic heterocycles. The van der Waals surface area contributed by atoms with Gasteiger partial charge in [0.25, 0.3) is 5.56 Å². The predicted molar refractivity (Wildman–Crippen MR) is 101 cm³/mol. The molecule has 0 atom stereocenters. The molecule has 0 unspecified atom stereocenters. The lowest BCUT2D eigenvalue weighted by Gasteiger charge is -2.27. The van der Waals surface area contributed by atoms with E-state index in [4.69, 9.17) is 4.74 Å². The van der Waals surface area contributed by atoms with Gasteiger partial charge in [-0.2, -0.15) is 0 Å². The third-order valence-electron chi connectivity index (χ3n) is 4.52. The van der Waals surface area contributed by atoms with Crippen molar-refractivity contribution in [3.63, 3.8) is 0 Å². The van der Waals surface area contributed by atoms with Crippen molar-refractivity contribution in [1.82, 2.24) is 19.4 Å². The van der Waals surface area contributed by atoms with Gasteiger partial charge in [-0.05, 0) is 12.1 Å². The highest BCUT2D eigenvalue weighted by Gasteiger charge is 2.24. The number of nitrogens with zero attached hydrogens (tertiary/aromatic N) is 4. The van der Waals surface area contributed by atoms with Crippen molar-refractivity contribution >= 4 is 33.4 Å². The van der Waals surface area contributed by atoms with Crippen LogP contribution < -0.4 is 5.56 Å². The van der Waals surface area contributed by atoms with E-state index >= 15 is 0 Å². The molecule has 1 aliphatic rings. The number of pyridine rings is 1. The summed E-state index contributed by atoms with van der Waals surface area (Å²) < 4.78 is 6.51. The van der Waals surface area contributed by atoms with Crippen LogP contribution in [0.5, 0.6) is 0 Å². The molecule has 0 bridgehead atoms. The number of hydrogen-bond donors (Lipinski definition) is 1. The number of amides is 1. The Morgan fingerprint density at radius 1 is 1.21 bits per heavy atom. The first-order chi connectivity index (χ1) is 13.6. The zero-order chi connectivity index (χ0) is 19.7. The fourth-order valence-corrected chi connectivity index (χ4v) is 4.00. The van der Waals surface area contributed by atoms with Gasteiger partial charge >= 0.3 is 5.97 Å². The number of hydrogen-bond acceptors (Lipinski definition) is 7. The lowest BCUT2D eigenvalue weighted by atomic mass is 10.2. The molecule has 3 aromatic heterocycles. The Morgan fingerprint density at radius 2 is 1.93 bits per heavy atom. The number of carboxylic acid groups (broad SMARTS) is 1. The van der Waals surface area contributed by atoms with Gasteiger partial charge in [-0.1, -0.05) is 0 Å². The van der Waals surface area contributed by atoms with Crippen LogP contribution >= 0.6 is 11.3 Å². The van der Waals surface area contributed by atoms with Crippen molar-refractivity contribution in [3.05, 3.63) is 45.8 Å². The van der Waals surface area contributed by atoms with Crippen LogP contribution in [-0.4, -0.2) is 62.7 Å². The molecule has 0 spiro atoms. The Bertz CT molecular complexity index is 1100. The van der Waals surface area contributed by atoms with Crippen molar-refractivity contribution in [2.75, 3.05) is 26.3 Å². The van der Waals surface area contributed by atoms with Crippen LogP contribution in [0.1, 0.15) is 10.4 Å². The Labute approximate surface area is 162 Å². The maximum Gasteiger partial charge on any atom is 0.337 e. The molecule has 0 saturated carbocycles. The average Bonchev–Trinajstić information content (AvgIpc) is 3.16. The largest absolute Gasteiger partial charge is 0.478 e. The highest BCUT2D eigenvalue weighted by molar-refractivity contribution is 7.17. The van der Waals surface area contributed by atoms with Crippen molar-refractivity contribution in [2.24, 2.45) is 0 Å². The number of ether oxygens (including phenoxy) is 1. The first kappa shape index (κ1) is 18.3. The maximum atomic E-state index is 13.2. The maximum absolute atomic E-state index is 13.2. The topological polar surface area (TPSA) is 115 Å². The van der Waals surface area contributed by atoms with Gasteiger partial charge in [0.2, 0.25) is 5.91 Å². The first-order valence-electron chi connectivity index (χ1n) is 8.57. The number of aromatic carboxylic acids is 1. The Hall–Kier alpha value is -3.11. The molecule has 28 heavy (non-hydrogen) atoms. The van der Waals surface area contributed by atoms with Crippen molar-refractivity contribution in [3.8, 4) is 11.4 Å². The summed E-state index contributed by atoms with van der Waals surface area (Å²) in [5.74, 6) is -1.14. The minimum atomic E-state index is -1.20. The number of carbonyl (C=O) groups is 2. The minimum absolute atomic E-state index is 0.0186. The van der Waals surface area contributed by atoms with E-state index in [9.17, 15) is 19.5 Å².